The molecule has 1 aliphatic heterocycles. The number of ether oxygens (including phenoxy) is 3. The van der Waals surface area contributed by atoms with Crippen molar-refractivity contribution in [3.05, 3.63) is 35.9 Å². The van der Waals surface area contributed by atoms with Crippen LogP contribution in [0.5, 0.6) is 0 Å². The number of alkyl halides is 2. The second-order valence-corrected chi connectivity index (χ2v) is 5.41. The minimum absolute atomic E-state index is 0.200. The molecular formula is C14H14BrFO5. The zero-order valence-corrected chi connectivity index (χ0v) is 12.8. The van der Waals surface area contributed by atoms with E-state index in [1.165, 1.54) is 6.92 Å². The largest absolute Gasteiger partial charge is 0.459 e. The van der Waals surface area contributed by atoms with E-state index in [0.29, 0.717) is 5.56 Å². The molecule has 1 fully saturated rings. The Morgan fingerprint density at radius 3 is 2.62 bits per heavy atom. The minimum atomic E-state index is -1.52. The predicted octanol–water partition coefficient (Wildman–Crippen LogP) is 2.23. The van der Waals surface area contributed by atoms with Gasteiger partial charge in [0.25, 0.3) is 0 Å². The maximum absolute atomic E-state index is 13.8. The Bertz CT molecular complexity index is 509. The van der Waals surface area contributed by atoms with Gasteiger partial charge in [0.15, 0.2) is 12.3 Å². The van der Waals surface area contributed by atoms with Crippen molar-refractivity contribution in [1.82, 2.24) is 0 Å². The maximum atomic E-state index is 13.8. The molecule has 5 nitrogen and oxygen atoms in total. The highest BCUT2D eigenvalue weighted by Crippen LogP contribution is 2.30. The SMILES string of the molecule is CC(=O)O[C@H]1[C@H](F)[C@H](Br)O[C@@H]1COC(=O)c1ccccc1. The van der Waals surface area contributed by atoms with Gasteiger partial charge >= 0.3 is 11.9 Å². The summed E-state index contributed by atoms with van der Waals surface area (Å²) in [6, 6.07) is 8.39. The summed E-state index contributed by atoms with van der Waals surface area (Å²) in [7, 11) is 0. The smallest absolute Gasteiger partial charge is 0.338 e. The van der Waals surface area contributed by atoms with Crippen LogP contribution in [-0.4, -0.2) is 41.9 Å². The molecule has 1 heterocycles. The molecule has 0 bridgehead atoms. The first-order valence-electron chi connectivity index (χ1n) is 6.32. The molecule has 0 radical (unpaired) electrons. The predicted molar refractivity (Wildman–Crippen MR) is 74.8 cm³/mol. The third-order valence-corrected chi connectivity index (χ3v) is 3.65. The lowest BCUT2D eigenvalue weighted by Crippen LogP contribution is -2.36. The van der Waals surface area contributed by atoms with Crippen LogP contribution in [0.2, 0.25) is 0 Å². The van der Waals surface area contributed by atoms with E-state index in [1.54, 1.807) is 30.3 Å². The van der Waals surface area contributed by atoms with Crippen LogP contribution in [0.15, 0.2) is 30.3 Å². The van der Waals surface area contributed by atoms with Crippen molar-refractivity contribution in [3.8, 4) is 0 Å². The lowest BCUT2D eigenvalue weighted by atomic mass is 10.2. The summed E-state index contributed by atoms with van der Waals surface area (Å²) >= 11 is 3.00. The van der Waals surface area contributed by atoms with Gasteiger partial charge in [0, 0.05) is 6.92 Å². The highest BCUT2D eigenvalue weighted by atomic mass is 79.9. The molecule has 21 heavy (non-hydrogen) atoms. The van der Waals surface area contributed by atoms with Gasteiger partial charge in [0.05, 0.1) is 5.56 Å². The molecule has 4 atom stereocenters. The van der Waals surface area contributed by atoms with Crippen molar-refractivity contribution in [2.24, 2.45) is 0 Å². The quantitative estimate of drug-likeness (QED) is 0.608. The van der Waals surface area contributed by atoms with Crippen LogP contribution in [0, 0.1) is 0 Å². The molecule has 1 aromatic carbocycles. The molecule has 1 saturated heterocycles. The number of esters is 2. The molecule has 2 rings (SSSR count). The van der Waals surface area contributed by atoms with Gasteiger partial charge in [-0.2, -0.15) is 0 Å². The summed E-state index contributed by atoms with van der Waals surface area (Å²) in [5, 5.41) is -0.901. The first kappa shape index (κ1) is 15.9. The maximum Gasteiger partial charge on any atom is 0.338 e. The molecule has 0 spiro atoms. The Labute approximate surface area is 129 Å². The average Bonchev–Trinajstić information content (AvgIpc) is 2.73. The van der Waals surface area contributed by atoms with E-state index in [9.17, 15) is 14.0 Å². The zero-order chi connectivity index (χ0) is 15.4. The Morgan fingerprint density at radius 1 is 1.33 bits per heavy atom. The van der Waals surface area contributed by atoms with Gasteiger partial charge in [-0.1, -0.05) is 34.1 Å². The molecular weight excluding hydrogens is 347 g/mol. The molecule has 1 aliphatic rings. The lowest BCUT2D eigenvalue weighted by Gasteiger charge is -2.18. The number of hydrogen-bond acceptors (Lipinski definition) is 5. The molecule has 1 aromatic rings. The zero-order valence-electron chi connectivity index (χ0n) is 11.2. The number of halogens is 2. The minimum Gasteiger partial charge on any atom is -0.459 e. The first-order chi connectivity index (χ1) is 9.99. The molecule has 7 heteroatoms. The molecule has 114 valence electrons. The summed E-state index contributed by atoms with van der Waals surface area (Å²) < 4.78 is 29.1. The summed E-state index contributed by atoms with van der Waals surface area (Å²) in [6.07, 6.45) is -3.47. The van der Waals surface area contributed by atoms with Crippen molar-refractivity contribution in [2.45, 2.75) is 30.3 Å². The molecule has 0 N–H and O–H groups in total. The number of hydrogen-bond donors (Lipinski definition) is 0. The van der Waals surface area contributed by atoms with Gasteiger partial charge in [-0.25, -0.2) is 9.18 Å². The molecule has 0 unspecified atom stereocenters. The Kier molecular flexibility index (Phi) is 5.30. The third kappa shape index (κ3) is 4.01. The van der Waals surface area contributed by atoms with Crippen LogP contribution < -0.4 is 0 Å². The third-order valence-electron chi connectivity index (χ3n) is 2.93. The highest BCUT2D eigenvalue weighted by molar-refractivity contribution is 9.09. The second-order valence-electron chi connectivity index (χ2n) is 4.51. The summed E-state index contributed by atoms with van der Waals surface area (Å²) in [6.45, 7) is 0.982. The van der Waals surface area contributed by atoms with Gasteiger partial charge in [-0.3, -0.25) is 4.79 Å². The van der Waals surface area contributed by atoms with E-state index in [4.69, 9.17) is 14.2 Å². The molecule has 0 amide bonds. The summed E-state index contributed by atoms with van der Waals surface area (Å²) in [5.74, 6) is -1.17. The average molecular weight is 361 g/mol. The van der Waals surface area contributed by atoms with Crippen LogP contribution in [-0.2, 0) is 19.0 Å². The van der Waals surface area contributed by atoms with Crippen LogP contribution in [0.3, 0.4) is 0 Å². The van der Waals surface area contributed by atoms with E-state index >= 15 is 0 Å². The summed E-state index contributed by atoms with van der Waals surface area (Å²) in [4.78, 5) is 22.8. The number of benzene rings is 1. The van der Waals surface area contributed by atoms with Gasteiger partial charge in [-0.05, 0) is 12.1 Å². The van der Waals surface area contributed by atoms with Gasteiger partial charge in [0.1, 0.15) is 17.7 Å². The Balaban J connectivity index is 1.95. The fourth-order valence-electron chi connectivity index (χ4n) is 1.96. The van der Waals surface area contributed by atoms with Gasteiger partial charge in [-0.15, -0.1) is 0 Å². The van der Waals surface area contributed by atoms with Crippen LogP contribution in [0.4, 0.5) is 4.39 Å². The summed E-state index contributed by atoms with van der Waals surface area (Å²) in [5.41, 5.74) is 0.381. The van der Waals surface area contributed by atoms with Gasteiger partial charge < -0.3 is 14.2 Å². The van der Waals surface area contributed by atoms with Crippen molar-refractivity contribution in [2.75, 3.05) is 6.61 Å². The van der Waals surface area contributed by atoms with Crippen LogP contribution in [0.25, 0.3) is 0 Å². The van der Waals surface area contributed by atoms with E-state index in [-0.39, 0.29) is 6.61 Å². The fourth-order valence-corrected chi connectivity index (χ4v) is 2.53. The fraction of sp³-hybridized carbons (Fsp3) is 0.429. The molecule has 0 aliphatic carbocycles. The Morgan fingerprint density at radius 2 is 2.00 bits per heavy atom. The van der Waals surface area contributed by atoms with Crippen molar-refractivity contribution >= 4 is 27.9 Å². The van der Waals surface area contributed by atoms with Crippen LogP contribution >= 0.6 is 15.9 Å². The van der Waals surface area contributed by atoms with Crippen molar-refractivity contribution < 1.29 is 28.2 Å². The van der Waals surface area contributed by atoms with E-state index in [0.717, 1.165) is 0 Å². The number of carbonyl (C=O) groups excluding carboxylic acids is 2. The van der Waals surface area contributed by atoms with Gasteiger partial charge in [0.2, 0.25) is 0 Å². The molecule has 0 aromatic heterocycles. The van der Waals surface area contributed by atoms with E-state index in [1.807, 2.05) is 0 Å². The van der Waals surface area contributed by atoms with E-state index in [2.05, 4.69) is 15.9 Å². The highest BCUT2D eigenvalue weighted by Gasteiger charge is 2.46. The Hall–Kier alpha value is -1.47. The molecule has 0 saturated carbocycles. The monoisotopic (exact) mass is 360 g/mol. The van der Waals surface area contributed by atoms with E-state index < -0.39 is 35.3 Å². The van der Waals surface area contributed by atoms with Crippen molar-refractivity contribution in [3.63, 3.8) is 0 Å². The standard InChI is InChI=1S/C14H14BrFO5/c1-8(17)20-12-10(21-13(15)11(12)16)7-19-14(18)9-5-3-2-4-6-9/h2-6,10-13H,7H2,1H3/t10-,11+,12-,13-/m1/s1. The van der Waals surface area contributed by atoms with Crippen molar-refractivity contribution in [1.29, 1.82) is 0 Å². The number of carbonyl (C=O) groups is 2. The lowest BCUT2D eigenvalue weighted by molar-refractivity contribution is -0.152. The first-order valence-corrected chi connectivity index (χ1v) is 7.23. The normalized spacial score (nSPS) is 28.1. The second kappa shape index (κ2) is 7.00. The van der Waals surface area contributed by atoms with Crippen LogP contribution in [0.1, 0.15) is 17.3 Å². The number of rotatable bonds is 4. The topological polar surface area (TPSA) is 61.8 Å².